The third kappa shape index (κ3) is 4.09. The SMILES string of the molecule is Cc1ccc(NS(=O)(=O)c2c(C)c(Cl)cc(C)c2Cl)cc1S(N)(=O)=O. The number of nitrogens with one attached hydrogen (secondary N) is 1. The van der Waals surface area contributed by atoms with E-state index in [9.17, 15) is 16.8 Å². The van der Waals surface area contributed by atoms with Crippen LogP contribution in [0.25, 0.3) is 0 Å². The van der Waals surface area contributed by atoms with Gasteiger partial charge in [-0.15, -0.1) is 0 Å². The zero-order valence-electron chi connectivity index (χ0n) is 13.6. The van der Waals surface area contributed by atoms with Crippen LogP contribution in [0.3, 0.4) is 0 Å². The first-order valence-electron chi connectivity index (χ1n) is 6.96. The molecule has 10 heteroatoms. The Bertz CT molecular complexity index is 1040. The summed E-state index contributed by atoms with van der Waals surface area (Å²) >= 11 is 12.2. The van der Waals surface area contributed by atoms with Crippen molar-refractivity contribution in [2.24, 2.45) is 5.14 Å². The smallest absolute Gasteiger partial charge is 0.263 e. The largest absolute Gasteiger partial charge is 0.280 e. The lowest BCUT2D eigenvalue weighted by Gasteiger charge is -2.15. The van der Waals surface area contributed by atoms with Gasteiger partial charge >= 0.3 is 0 Å². The molecule has 25 heavy (non-hydrogen) atoms. The topological polar surface area (TPSA) is 106 Å². The maximum Gasteiger partial charge on any atom is 0.263 e. The van der Waals surface area contributed by atoms with Gasteiger partial charge in [-0.2, -0.15) is 0 Å². The van der Waals surface area contributed by atoms with E-state index in [1.54, 1.807) is 19.9 Å². The van der Waals surface area contributed by atoms with Crippen LogP contribution >= 0.6 is 23.2 Å². The first kappa shape index (κ1) is 20.0. The van der Waals surface area contributed by atoms with Crippen LogP contribution in [-0.4, -0.2) is 16.8 Å². The lowest BCUT2D eigenvalue weighted by molar-refractivity contribution is 0.595. The van der Waals surface area contributed by atoms with Gasteiger partial charge in [0.05, 0.1) is 15.6 Å². The van der Waals surface area contributed by atoms with Crippen molar-refractivity contribution < 1.29 is 16.8 Å². The maximum atomic E-state index is 12.8. The van der Waals surface area contributed by atoms with Gasteiger partial charge in [-0.05, 0) is 55.7 Å². The molecule has 0 saturated heterocycles. The summed E-state index contributed by atoms with van der Waals surface area (Å²) in [5, 5.41) is 5.46. The van der Waals surface area contributed by atoms with E-state index >= 15 is 0 Å². The van der Waals surface area contributed by atoms with E-state index in [-0.39, 0.29) is 25.5 Å². The number of nitrogens with two attached hydrogens (primary N) is 1. The molecule has 6 nitrogen and oxygen atoms in total. The number of anilines is 1. The third-order valence-electron chi connectivity index (χ3n) is 3.60. The highest BCUT2D eigenvalue weighted by Crippen LogP contribution is 2.34. The summed E-state index contributed by atoms with van der Waals surface area (Å²) in [6, 6.07) is 5.61. The number of aryl methyl sites for hydroxylation is 2. The quantitative estimate of drug-likeness (QED) is 0.786. The van der Waals surface area contributed by atoms with Crippen LogP contribution in [0.1, 0.15) is 16.7 Å². The normalized spacial score (nSPS) is 12.2. The molecule has 0 saturated carbocycles. The first-order chi connectivity index (χ1) is 11.3. The van der Waals surface area contributed by atoms with Crippen molar-refractivity contribution >= 4 is 48.9 Å². The average molecular weight is 423 g/mol. The van der Waals surface area contributed by atoms with Crippen LogP contribution < -0.4 is 9.86 Å². The summed E-state index contributed by atoms with van der Waals surface area (Å²) in [6.07, 6.45) is 0. The van der Waals surface area contributed by atoms with Gasteiger partial charge in [0.2, 0.25) is 10.0 Å². The third-order valence-corrected chi connectivity index (χ3v) is 7.20. The second kappa shape index (κ2) is 6.77. The molecule has 0 atom stereocenters. The van der Waals surface area contributed by atoms with Gasteiger partial charge in [-0.25, -0.2) is 22.0 Å². The number of rotatable bonds is 4. The summed E-state index contributed by atoms with van der Waals surface area (Å²) < 4.78 is 51.0. The number of hydrogen-bond donors (Lipinski definition) is 2. The summed E-state index contributed by atoms with van der Waals surface area (Å²) in [5.74, 6) is 0. The summed E-state index contributed by atoms with van der Waals surface area (Å²) in [7, 11) is -8.08. The first-order valence-corrected chi connectivity index (χ1v) is 10.7. The molecule has 2 rings (SSSR count). The van der Waals surface area contributed by atoms with Gasteiger partial charge in [0.1, 0.15) is 4.90 Å². The molecule has 0 fully saturated rings. The molecule has 0 bridgehead atoms. The van der Waals surface area contributed by atoms with Gasteiger partial charge in [-0.1, -0.05) is 29.3 Å². The Morgan fingerprint density at radius 3 is 2.12 bits per heavy atom. The molecule has 0 aliphatic rings. The van der Waals surface area contributed by atoms with E-state index in [2.05, 4.69) is 4.72 Å². The van der Waals surface area contributed by atoms with Crippen molar-refractivity contribution in [3.05, 3.63) is 51.0 Å². The van der Waals surface area contributed by atoms with Crippen molar-refractivity contribution in [1.82, 2.24) is 0 Å². The van der Waals surface area contributed by atoms with Crippen molar-refractivity contribution in [3.8, 4) is 0 Å². The summed E-state index contributed by atoms with van der Waals surface area (Å²) in [5.41, 5.74) is 1.25. The number of sulfonamides is 2. The van der Waals surface area contributed by atoms with Gasteiger partial charge in [0, 0.05) is 5.02 Å². The molecule has 0 amide bonds. The second-order valence-corrected chi connectivity index (χ2v) is 9.51. The monoisotopic (exact) mass is 422 g/mol. The number of benzene rings is 2. The van der Waals surface area contributed by atoms with E-state index in [0.717, 1.165) is 6.07 Å². The molecule has 0 spiro atoms. The Labute approximate surface area is 157 Å². The molecule has 2 aromatic carbocycles. The highest BCUT2D eigenvalue weighted by Gasteiger charge is 2.24. The molecule has 3 N–H and O–H groups in total. The molecule has 0 unspecified atom stereocenters. The maximum absolute atomic E-state index is 12.8. The lowest BCUT2D eigenvalue weighted by atomic mass is 10.2. The van der Waals surface area contributed by atoms with Crippen molar-refractivity contribution in [2.45, 2.75) is 30.6 Å². The van der Waals surface area contributed by atoms with Gasteiger partial charge in [-0.3, -0.25) is 4.72 Å². The molecular formula is C15H16Cl2N2O4S2. The number of hydrogen-bond acceptors (Lipinski definition) is 4. The zero-order valence-corrected chi connectivity index (χ0v) is 16.7. The van der Waals surface area contributed by atoms with Gasteiger partial charge < -0.3 is 0 Å². The lowest BCUT2D eigenvalue weighted by Crippen LogP contribution is -2.17. The molecule has 2 aromatic rings. The Balaban J connectivity index is 2.59. The Morgan fingerprint density at radius 1 is 0.960 bits per heavy atom. The number of halogens is 2. The van der Waals surface area contributed by atoms with Crippen molar-refractivity contribution in [1.29, 1.82) is 0 Å². The van der Waals surface area contributed by atoms with Crippen molar-refractivity contribution in [3.63, 3.8) is 0 Å². The minimum atomic E-state index is -4.10. The Kier molecular flexibility index (Phi) is 5.42. The Hall–Kier alpha value is -1.32. The molecular weight excluding hydrogens is 407 g/mol. The van der Waals surface area contributed by atoms with Crippen LogP contribution in [0.15, 0.2) is 34.1 Å². The van der Waals surface area contributed by atoms with Crippen LogP contribution in [0.5, 0.6) is 0 Å². The predicted octanol–water partition coefficient (Wildman–Crippen LogP) is 3.37. The van der Waals surface area contributed by atoms with Crippen LogP contribution in [-0.2, 0) is 20.0 Å². The Morgan fingerprint density at radius 2 is 1.56 bits per heavy atom. The molecule has 0 aliphatic carbocycles. The molecule has 0 radical (unpaired) electrons. The molecule has 0 aromatic heterocycles. The van der Waals surface area contributed by atoms with E-state index in [1.165, 1.54) is 19.1 Å². The van der Waals surface area contributed by atoms with E-state index in [0.29, 0.717) is 16.7 Å². The van der Waals surface area contributed by atoms with Crippen LogP contribution in [0, 0.1) is 20.8 Å². The fourth-order valence-electron chi connectivity index (χ4n) is 2.31. The second-order valence-electron chi connectivity index (χ2n) is 5.57. The predicted molar refractivity (Wildman–Crippen MR) is 99.3 cm³/mol. The molecule has 136 valence electrons. The summed E-state index contributed by atoms with van der Waals surface area (Å²) in [4.78, 5) is -0.324. The van der Waals surface area contributed by atoms with E-state index < -0.39 is 20.0 Å². The average Bonchev–Trinajstić information content (AvgIpc) is 2.46. The fraction of sp³-hybridized carbons (Fsp3) is 0.200. The van der Waals surface area contributed by atoms with Gasteiger partial charge in [0.15, 0.2) is 0 Å². The highest BCUT2D eigenvalue weighted by atomic mass is 35.5. The molecule has 0 heterocycles. The fourth-order valence-corrected chi connectivity index (χ4v) is 5.38. The summed E-state index contributed by atoms with van der Waals surface area (Å²) in [6.45, 7) is 4.73. The van der Waals surface area contributed by atoms with E-state index in [1.807, 2.05) is 0 Å². The van der Waals surface area contributed by atoms with Crippen LogP contribution in [0.4, 0.5) is 5.69 Å². The zero-order chi connectivity index (χ0) is 19.2. The van der Waals surface area contributed by atoms with E-state index in [4.69, 9.17) is 28.3 Å². The van der Waals surface area contributed by atoms with Gasteiger partial charge in [0.25, 0.3) is 10.0 Å². The minimum Gasteiger partial charge on any atom is -0.280 e. The highest BCUT2D eigenvalue weighted by molar-refractivity contribution is 7.93. The van der Waals surface area contributed by atoms with Crippen molar-refractivity contribution in [2.75, 3.05) is 4.72 Å². The molecule has 0 aliphatic heterocycles. The minimum absolute atomic E-state index is 0.0442. The number of primary sulfonamides is 1. The standard InChI is InChI=1S/C15H16Cl2N2O4S2/c1-8-4-5-11(7-13(8)24(18,20)21)19-25(22,23)15-10(3)12(16)6-9(2)14(15)17/h4-7,19H,1-3H3,(H2,18,20,21). The van der Waals surface area contributed by atoms with Crippen LogP contribution in [0.2, 0.25) is 10.0 Å².